The van der Waals surface area contributed by atoms with Crippen LogP contribution in [0.4, 0.5) is 0 Å². The molecule has 126 valence electrons. The number of unbranched alkanes of at least 4 members (excludes halogenated alkanes) is 14. The highest BCUT2D eigenvalue weighted by Crippen LogP contribution is 2.13. The molecule has 0 amide bonds. The van der Waals surface area contributed by atoms with Crippen LogP contribution in [0.2, 0.25) is 0 Å². The van der Waals surface area contributed by atoms with Gasteiger partial charge in [0, 0.05) is 6.04 Å². The third-order valence-corrected chi connectivity index (χ3v) is 4.44. The van der Waals surface area contributed by atoms with E-state index in [9.17, 15) is 0 Å². The van der Waals surface area contributed by atoms with E-state index in [2.05, 4.69) is 13.5 Å². The molecule has 0 aromatic rings. The second-order valence-electron chi connectivity index (χ2n) is 6.64. The lowest BCUT2D eigenvalue weighted by atomic mass is 10.0. The summed E-state index contributed by atoms with van der Waals surface area (Å²) in [5, 5.41) is 0. The van der Waals surface area contributed by atoms with E-state index in [4.69, 9.17) is 5.73 Å². The average molecular weight is 296 g/mol. The standard InChI is InChI=1S/C20H41N/c1-3-5-6-7-8-9-10-11-12-13-14-15-16-17-18-19-20(21)4-2/h4,20H,2-3,5-19,21H2,1H3. The topological polar surface area (TPSA) is 26.0 Å². The molecule has 0 aliphatic carbocycles. The Bertz CT molecular complexity index is 200. The number of rotatable bonds is 17. The van der Waals surface area contributed by atoms with E-state index in [0.717, 1.165) is 6.42 Å². The molecule has 0 radical (unpaired) electrons. The van der Waals surface area contributed by atoms with E-state index < -0.39 is 0 Å². The van der Waals surface area contributed by atoms with Gasteiger partial charge in [-0.1, -0.05) is 109 Å². The summed E-state index contributed by atoms with van der Waals surface area (Å²) < 4.78 is 0. The van der Waals surface area contributed by atoms with Gasteiger partial charge < -0.3 is 5.73 Å². The van der Waals surface area contributed by atoms with E-state index in [1.807, 2.05) is 6.08 Å². The Labute approximate surface area is 134 Å². The van der Waals surface area contributed by atoms with Gasteiger partial charge in [0.25, 0.3) is 0 Å². The van der Waals surface area contributed by atoms with E-state index in [1.165, 1.54) is 96.3 Å². The first-order valence-corrected chi connectivity index (χ1v) is 9.69. The van der Waals surface area contributed by atoms with Crippen LogP contribution in [0, 0.1) is 0 Å². The van der Waals surface area contributed by atoms with Crippen molar-refractivity contribution in [2.45, 2.75) is 116 Å². The summed E-state index contributed by atoms with van der Waals surface area (Å²) in [6.07, 6.45) is 24.3. The Kier molecular flexibility index (Phi) is 17.5. The van der Waals surface area contributed by atoms with Gasteiger partial charge in [0.2, 0.25) is 0 Å². The molecule has 1 atom stereocenters. The second kappa shape index (κ2) is 17.8. The van der Waals surface area contributed by atoms with Gasteiger partial charge in [0.05, 0.1) is 0 Å². The third kappa shape index (κ3) is 17.6. The SMILES string of the molecule is C=CC(N)CCCCCCCCCCCCCCCCC. The quantitative estimate of drug-likeness (QED) is 0.233. The Morgan fingerprint density at radius 3 is 1.33 bits per heavy atom. The van der Waals surface area contributed by atoms with Gasteiger partial charge in [0.1, 0.15) is 0 Å². The number of nitrogens with two attached hydrogens (primary N) is 1. The molecule has 0 spiro atoms. The first-order valence-electron chi connectivity index (χ1n) is 9.69. The van der Waals surface area contributed by atoms with Crippen molar-refractivity contribution in [3.63, 3.8) is 0 Å². The Balaban J connectivity index is 2.98. The van der Waals surface area contributed by atoms with Crippen molar-refractivity contribution in [1.29, 1.82) is 0 Å². The lowest BCUT2D eigenvalue weighted by Crippen LogP contribution is -2.15. The van der Waals surface area contributed by atoms with Crippen LogP contribution < -0.4 is 5.73 Å². The Morgan fingerprint density at radius 2 is 1.00 bits per heavy atom. The summed E-state index contributed by atoms with van der Waals surface area (Å²) in [5.74, 6) is 0. The van der Waals surface area contributed by atoms with Crippen molar-refractivity contribution in [3.8, 4) is 0 Å². The van der Waals surface area contributed by atoms with Crippen molar-refractivity contribution in [2.24, 2.45) is 5.73 Å². The average Bonchev–Trinajstić information content (AvgIpc) is 2.50. The summed E-state index contributed by atoms with van der Waals surface area (Å²) in [6.45, 7) is 6.01. The van der Waals surface area contributed by atoms with Gasteiger partial charge in [-0.3, -0.25) is 0 Å². The van der Waals surface area contributed by atoms with Gasteiger partial charge in [-0.15, -0.1) is 6.58 Å². The van der Waals surface area contributed by atoms with Crippen molar-refractivity contribution in [2.75, 3.05) is 0 Å². The zero-order valence-corrected chi connectivity index (χ0v) is 14.8. The highest BCUT2D eigenvalue weighted by molar-refractivity contribution is 4.81. The van der Waals surface area contributed by atoms with Crippen LogP contribution >= 0.6 is 0 Å². The summed E-state index contributed by atoms with van der Waals surface area (Å²) in [7, 11) is 0. The minimum atomic E-state index is 0.215. The van der Waals surface area contributed by atoms with Crippen LogP contribution in [-0.4, -0.2) is 6.04 Å². The lowest BCUT2D eigenvalue weighted by molar-refractivity contribution is 0.526. The molecule has 0 saturated heterocycles. The molecule has 0 rings (SSSR count). The molecule has 1 unspecified atom stereocenters. The molecule has 2 N–H and O–H groups in total. The van der Waals surface area contributed by atoms with Gasteiger partial charge in [-0.2, -0.15) is 0 Å². The predicted molar refractivity (Wildman–Crippen MR) is 97.7 cm³/mol. The first-order chi connectivity index (χ1) is 10.3. The van der Waals surface area contributed by atoms with Crippen LogP contribution in [0.15, 0.2) is 12.7 Å². The summed E-state index contributed by atoms with van der Waals surface area (Å²) in [5.41, 5.74) is 5.81. The van der Waals surface area contributed by atoms with E-state index in [0.29, 0.717) is 0 Å². The molecular formula is C20H41N. The molecule has 0 aromatic carbocycles. The minimum absolute atomic E-state index is 0.215. The predicted octanol–water partition coefficient (Wildman–Crippen LogP) is 6.76. The molecule has 0 aromatic heterocycles. The Hall–Kier alpha value is -0.300. The van der Waals surface area contributed by atoms with Crippen LogP contribution in [0.3, 0.4) is 0 Å². The number of hydrogen-bond acceptors (Lipinski definition) is 1. The van der Waals surface area contributed by atoms with Crippen molar-refractivity contribution in [1.82, 2.24) is 0 Å². The lowest BCUT2D eigenvalue weighted by Gasteiger charge is -2.05. The maximum Gasteiger partial charge on any atom is 0.0221 e. The fourth-order valence-corrected chi connectivity index (χ4v) is 2.87. The number of hydrogen-bond donors (Lipinski definition) is 1. The normalized spacial score (nSPS) is 12.5. The molecule has 1 heteroatoms. The van der Waals surface area contributed by atoms with Crippen LogP contribution in [0.1, 0.15) is 110 Å². The van der Waals surface area contributed by atoms with Crippen molar-refractivity contribution >= 4 is 0 Å². The maximum atomic E-state index is 5.81. The minimum Gasteiger partial charge on any atom is -0.324 e. The van der Waals surface area contributed by atoms with Crippen LogP contribution in [0.25, 0.3) is 0 Å². The molecule has 0 bridgehead atoms. The molecule has 0 aliphatic heterocycles. The van der Waals surface area contributed by atoms with E-state index >= 15 is 0 Å². The van der Waals surface area contributed by atoms with Crippen LogP contribution in [-0.2, 0) is 0 Å². The van der Waals surface area contributed by atoms with E-state index in [1.54, 1.807) is 0 Å². The summed E-state index contributed by atoms with van der Waals surface area (Å²) >= 11 is 0. The Morgan fingerprint density at radius 1 is 0.667 bits per heavy atom. The zero-order chi connectivity index (χ0) is 15.6. The molecule has 0 fully saturated rings. The third-order valence-electron chi connectivity index (χ3n) is 4.44. The molecule has 0 saturated carbocycles. The molecule has 21 heavy (non-hydrogen) atoms. The summed E-state index contributed by atoms with van der Waals surface area (Å²) in [6, 6.07) is 0.215. The fraction of sp³-hybridized carbons (Fsp3) is 0.900. The maximum absolute atomic E-state index is 5.81. The van der Waals surface area contributed by atoms with Crippen LogP contribution in [0.5, 0.6) is 0 Å². The highest BCUT2D eigenvalue weighted by Gasteiger charge is 1.97. The first kappa shape index (κ1) is 20.7. The zero-order valence-electron chi connectivity index (χ0n) is 14.8. The second-order valence-corrected chi connectivity index (χ2v) is 6.64. The van der Waals surface area contributed by atoms with Gasteiger partial charge in [-0.05, 0) is 6.42 Å². The summed E-state index contributed by atoms with van der Waals surface area (Å²) in [4.78, 5) is 0. The largest absolute Gasteiger partial charge is 0.324 e. The van der Waals surface area contributed by atoms with Crippen molar-refractivity contribution in [3.05, 3.63) is 12.7 Å². The highest BCUT2D eigenvalue weighted by atomic mass is 14.6. The molecule has 0 heterocycles. The fourth-order valence-electron chi connectivity index (χ4n) is 2.87. The van der Waals surface area contributed by atoms with Gasteiger partial charge in [0.15, 0.2) is 0 Å². The smallest absolute Gasteiger partial charge is 0.0221 e. The molecule has 0 aliphatic rings. The molecular weight excluding hydrogens is 254 g/mol. The monoisotopic (exact) mass is 295 g/mol. The van der Waals surface area contributed by atoms with Crippen molar-refractivity contribution < 1.29 is 0 Å². The van der Waals surface area contributed by atoms with Gasteiger partial charge in [-0.25, -0.2) is 0 Å². The molecule has 1 nitrogen and oxygen atoms in total. The van der Waals surface area contributed by atoms with E-state index in [-0.39, 0.29) is 6.04 Å². The van der Waals surface area contributed by atoms with Gasteiger partial charge >= 0.3 is 0 Å².